The molecule has 37 heavy (non-hydrogen) atoms. The van der Waals surface area contributed by atoms with E-state index in [4.69, 9.17) is 9.47 Å². The summed E-state index contributed by atoms with van der Waals surface area (Å²) in [7, 11) is 0. The summed E-state index contributed by atoms with van der Waals surface area (Å²) in [5.41, 5.74) is -0.497. The van der Waals surface area contributed by atoms with Crippen LogP contribution >= 0.6 is 0 Å². The van der Waals surface area contributed by atoms with Crippen molar-refractivity contribution in [3.8, 4) is 5.75 Å². The van der Waals surface area contributed by atoms with Gasteiger partial charge in [-0.2, -0.15) is 18.3 Å². The zero-order valence-electron chi connectivity index (χ0n) is 21.0. The highest BCUT2D eigenvalue weighted by Gasteiger charge is 2.33. The van der Waals surface area contributed by atoms with E-state index in [0.717, 1.165) is 6.07 Å². The summed E-state index contributed by atoms with van der Waals surface area (Å²) < 4.78 is 52.1. The Hall–Kier alpha value is -3.47. The smallest absolute Gasteiger partial charge is 0.433 e. The molecule has 0 bridgehead atoms. The fraction of sp³-hybridized carbons (Fsp3) is 0.462. The molecule has 0 atom stereocenters. The fourth-order valence-corrected chi connectivity index (χ4v) is 3.86. The van der Waals surface area contributed by atoms with Crippen LogP contribution in [0.25, 0.3) is 10.9 Å². The molecule has 8 nitrogen and oxygen atoms in total. The lowest BCUT2D eigenvalue weighted by Crippen LogP contribution is -2.42. The van der Waals surface area contributed by atoms with Crippen LogP contribution < -0.4 is 4.74 Å². The average Bonchev–Trinajstić information content (AvgIpc) is 3.23. The summed E-state index contributed by atoms with van der Waals surface area (Å²) in [6, 6.07) is 6.67. The number of hydrogen-bond donors (Lipinski definition) is 0. The van der Waals surface area contributed by atoms with Crippen LogP contribution in [0.15, 0.2) is 36.5 Å². The van der Waals surface area contributed by atoms with Gasteiger partial charge in [-0.15, -0.1) is 0 Å². The molecule has 1 saturated heterocycles. The Morgan fingerprint density at radius 3 is 2.51 bits per heavy atom. The van der Waals surface area contributed by atoms with E-state index < -0.39 is 17.7 Å². The normalized spacial score (nSPS) is 14.7. The molecule has 1 aromatic carbocycles. The Bertz CT molecular complexity index is 1290. The molecular weight excluding hydrogens is 489 g/mol. The molecule has 198 valence electrons. The number of nitrogens with zero attached hydrogens (tertiary/aromatic N) is 4. The van der Waals surface area contributed by atoms with Gasteiger partial charge >= 0.3 is 6.18 Å². The largest absolute Gasteiger partial charge is 0.493 e. The van der Waals surface area contributed by atoms with Crippen LogP contribution in [0.1, 0.15) is 42.5 Å². The van der Waals surface area contributed by atoms with Crippen molar-refractivity contribution in [2.75, 3.05) is 32.9 Å². The molecule has 0 aliphatic carbocycles. The molecule has 0 unspecified atom stereocenters. The van der Waals surface area contributed by atoms with E-state index >= 15 is 0 Å². The van der Waals surface area contributed by atoms with E-state index in [1.54, 1.807) is 23.2 Å². The van der Waals surface area contributed by atoms with Crippen LogP contribution in [0.2, 0.25) is 0 Å². The first kappa shape index (κ1) is 26.6. The number of halogens is 3. The first-order valence-electron chi connectivity index (χ1n) is 11.9. The van der Waals surface area contributed by atoms with E-state index in [1.165, 1.54) is 16.8 Å². The van der Waals surface area contributed by atoms with Crippen molar-refractivity contribution in [1.29, 1.82) is 0 Å². The summed E-state index contributed by atoms with van der Waals surface area (Å²) in [5, 5.41) is 5.18. The number of alkyl halides is 3. The van der Waals surface area contributed by atoms with Crippen LogP contribution in [0.5, 0.6) is 5.75 Å². The minimum absolute atomic E-state index is 0.0509. The van der Waals surface area contributed by atoms with Gasteiger partial charge in [0.1, 0.15) is 23.7 Å². The van der Waals surface area contributed by atoms with Gasteiger partial charge in [0.15, 0.2) is 5.78 Å². The van der Waals surface area contributed by atoms with Crippen LogP contribution in [0.4, 0.5) is 13.2 Å². The van der Waals surface area contributed by atoms with Gasteiger partial charge in [-0.1, -0.05) is 26.8 Å². The number of amides is 1. The molecule has 3 heterocycles. The Morgan fingerprint density at radius 1 is 1.11 bits per heavy atom. The van der Waals surface area contributed by atoms with Gasteiger partial charge in [0, 0.05) is 42.7 Å². The summed E-state index contributed by atoms with van der Waals surface area (Å²) in [6.45, 7) is 8.44. The van der Waals surface area contributed by atoms with Gasteiger partial charge in [0.05, 0.1) is 25.3 Å². The standard InChI is InChI=1S/C26H29F3N4O4/c1-25(2,3)16-37-22-13-20-18(14-33(31-20)15-24(35)32-7-9-36-10-8-32)11-17(22)12-21(34)19-5-4-6-23(30-19)26(27,28)29/h4-6,11,13-14H,7-10,12,15-16H2,1-3H3. The Morgan fingerprint density at radius 2 is 1.84 bits per heavy atom. The zero-order valence-corrected chi connectivity index (χ0v) is 21.0. The molecule has 0 saturated carbocycles. The van der Waals surface area contributed by atoms with Gasteiger partial charge in [-0.05, 0) is 23.6 Å². The number of hydrogen-bond acceptors (Lipinski definition) is 6. The van der Waals surface area contributed by atoms with Crippen molar-refractivity contribution in [2.24, 2.45) is 5.41 Å². The zero-order chi connectivity index (χ0) is 26.8. The highest BCUT2D eigenvalue weighted by Crippen LogP contribution is 2.30. The number of Topliss-reactive ketones (excluding diaryl/α,β-unsaturated/α-hetero) is 1. The summed E-state index contributed by atoms with van der Waals surface area (Å²) in [5.74, 6) is -0.236. The maximum absolute atomic E-state index is 13.1. The molecular formula is C26H29F3N4O4. The third kappa shape index (κ3) is 6.85. The Balaban J connectivity index is 1.61. The lowest BCUT2D eigenvalue weighted by molar-refractivity contribution is -0.141. The lowest BCUT2D eigenvalue weighted by Gasteiger charge is -2.26. The van der Waals surface area contributed by atoms with Gasteiger partial charge in [0.25, 0.3) is 0 Å². The number of ketones is 1. The number of rotatable bonds is 7. The molecule has 1 aliphatic rings. The number of benzene rings is 1. The van der Waals surface area contributed by atoms with Gasteiger partial charge in [0.2, 0.25) is 5.91 Å². The molecule has 0 radical (unpaired) electrons. The fourth-order valence-electron chi connectivity index (χ4n) is 3.86. The van der Waals surface area contributed by atoms with Crippen molar-refractivity contribution in [1.82, 2.24) is 19.7 Å². The van der Waals surface area contributed by atoms with Crippen molar-refractivity contribution in [3.63, 3.8) is 0 Å². The quantitative estimate of drug-likeness (QED) is 0.437. The molecule has 0 spiro atoms. The number of fused-ring (bicyclic) bond motifs is 1. The summed E-state index contributed by atoms with van der Waals surface area (Å²) in [4.78, 5) is 30.8. The van der Waals surface area contributed by atoms with E-state index in [2.05, 4.69) is 10.1 Å². The summed E-state index contributed by atoms with van der Waals surface area (Å²) >= 11 is 0. The molecule has 2 aromatic heterocycles. The Kier molecular flexibility index (Phi) is 7.54. The number of carbonyl (C=O) groups excluding carboxylic acids is 2. The van der Waals surface area contributed by atoms with E-state index in [1.807, 2.05) is 20.8 Å². The third-order valence-electron chi connectivity index (χ3n) is 5.73. The van der Waals surface area contributed by atoms with Crippen LogP contribution in [0, 0.1) is 5.41 Å². The second kappa shape index (κ2) is 10.5. The molecule has 1 aliphatic heterocycles. The summed E-state index contributed by atoms with van der Waals surface area (Å²) in [6.07, 6.45) is -3.15. The topological polar surface area (TPSA) is 86.5 Å². The van der Waals surface area contributed by atoms with Crippen molar-refractivity contribution < 1.29 is 32.2 Å². The number of morpholine rings is 1. The minimum atomic E-state index is -4.65. The second-order valence-electron chi connectivity index (χ2n) is 10.2. The predicted molar refractivity (Wildman–Crippen MR) is 129 cm³/mol. The van der Waals surface area contributed by atoms with Crippen molar-refractivity contribution in [2.45, 2.75) is 39.9 Å². The molecule has 11 heteroatoms. The van der Waals surface area contributed by atoms with Gasteiger partial charge < -0.3 is 14.4 Å². The maximum Gasteiger partial charge on any atom is 0.433 e. The Labute approximate surface area is 212 Å². The van der Waals surface area contributed by atoms with Crippen LogP contribution in [0.3, 0.4) is 0 Å². The van der Waals surface area contributed by atoms with Gasteiger partial charge in [-0.3, -0.25) is 14.3 Å². The average molecular weight is 519 g/mol. The SMILES string of the molecule is CC(C)(C)COc1cc2nn(CC(=O)N3CCOCC3)cc2cc1CC(=O)c1cccc(C(F)(F)F)n1. The third-order valence-corrected chi connectivity index (χ3v) is 5.73. The predicted octanol–water partition coefficient (Wildman–Crippen LogP) is 4.16. The maximum atomic E-state index is 13.1. The van der Waals surface area contributed by atoms with Crippen LogP contribution in [-0.2, 0) is 28.7 Å². The molecule has 0 N–H and O–H groups in total. The first-order valence-corrected chi connectivity index (χ1v) is 11.9. The van der Waals surface area contributed by atoms with E-state index in [0.29, 0.717) is 55.1 Å². The highest BCUT2D eigenvalue weighted by molar-refractivity contribution is 5.97. The van der Waals surface area contributed by atoms with Crippen molar-refractivity contribution >= 4 is 22.6 Å². The second-order valence-corrected chi connectivity index (χ2v) is 10.2. The minimum Gasteiger partial charge on any atom is -0.493 e. The van der Waals surface area contributed by atoms with E-state index in [-0.39, 0.29) is 30.0 Å². The lowest BCUT2D eigenvalue weighted by atomic mass is 9.98. The molecule has 4 rings (SSSR count). The van der Waals surface area contributed by atoms with Gasteiger partial charge in [-0.25, -0.2) is 4.98 Å². The van der Waals surface area contributed by atoms with Crippen molar-refractivity contribution in [3.05, 3.63) is 53.5 Å². The molecule has 1 fully saturated rings. The number of aromatic nitrogens is 3. The van der Waals surface area contributed by atoms with Crippen LogP contribution in [-0.4, -0.2) is 64.3 Å². The number of carbonyl (C=O) groups is 2. The first-order chi connectivity index (χ1) is 17.4. The monoisotopic (exact) mass is 518 g/mol. The highest BCUT2D eigenvalue weighted by atomic mass is 19.4. The number of ether oxygens (including phenoxy) is 2. The van der Waals surface area contributed by atoms with E-state index in [9.17, 15) is 22.8 Å². The number of pyridine rings is 1. The molecule has 1 amide bonds. The molecule has 3 aromatic rings.